The second-order valence-electron chi connectivity index (χ2n) is 3.96. The Kier molecular flexibility index (Phi) is 3.19. The van der Waals surface area contributed by atoms with Gasteiger partial charge in [-0.25, -0.2) is 4.98 Å². The van der Waals surface area contributed by atoms with E-state index < -0.39 is 0 Å². The SMILES string of the molecule is CCc1sc(C2CCCNC2)nc1C. The van der Waals surface area contributed by atoms with E-state index in [4.69, 9.17) is 0 Å². The number of hydrogen-bond donors (Lipinski definition) is 1. The quantitative estimate of drug-likeness (QED) is 0.811. The Balaban J connectivity index is 2.14. The van der Waals surface area contributed by atoms with Gasteiger partial charge >= 0.3 is 0 Å². The molecule has 14 heavy (non-hydrogen) atoms. The zero-order valence-corrected chi connectivity index (χ0v) is 9.78. The predicted molar refractivity (Wildman–Crippen MR) is 61.1 cm³/mol. The van der Waals surface area contributed by atoms with Crippen LogP contribution < -0.4 is 5.32 Å². The Hall–Kier alpha value is -0.410. The number of aryl methyl sites for hydroxylation is 2. The maximum Gasteiger partial charge on any atom is 0.0974 e. The average Bonchev–Trinajstić information content (AvgIpc) is 2.61. The summed E-state index contributed by atoms with van der Waals surface area (Å²) in [6.45, 7) is 6.65. The van der Waals surface area contributed by atoms with Crippen LogP contribution in [-0.2, 0) is 6.42 Å². The number of thiazole rings is 1. The minimum absolute atomic E-state index is 0.674. The smallest absolute Gasteiger partial charge is 0.0974 e. The first kappa shape index (κ1) is 10.1. The summed E-state index contributed by atoms with van der Waals surface area (Å²) in [6, 6.07) is 0. The molecular weight excluding hydrogens is 192 g/mol. The van der Waals surface area contributed by atoms with E-state index in [0.29, 0.717) is 5.92 Å². The van der Waals surface area contributed by atoms with E-state index >= 15 is 0 Å². The molecule has 1 saturated heterocycles. The number of hydrogen-bond acceptors (Lipinski definition) is 3. The van der Waals surface area contributed by atoms with Crippen LogP contribution in [0.15, 0.2) is 0 Å². The molecule has 0 spiro atoms. The zero-order chi connectivity index (χ0) is 9.97. The van der Waals surface area contributed by atoms with Crippen molar-refractivity contribution in [3.8, 4) is 0 Å². The maximum atomic E-state index is 4.68. The van der Waals surface area contributed by atoms with Crippen molar-refractivity contribution in [1.29, 1.82) is 0 Å². The molecule has 1 aliphatic rings. The van der Waals surface area contributed by atoms with Crippen molar-refractivity contribution in [3.63, 3.8) is 0 Å². The van der Waals surface area contributed by atoms with Gasteiger partial charge in [0.05, 0.1) is 10.7 Å². The van der Waals surface area contributed by atoms with Gasteiger partial charge in [0.1, 0.15) is 0 Å². The van der Waals surface area contributed by atoms with Gasteiger partial charge in [-0.1, -0.05) is 6.92 Å². The Labute approximate surface area is 89.8 Å². The Bertz CT molecular complexity index is 300. The monoisotopic (exact) mass is 210 g/mol. The molecule has 0 saturated carbocycles. The Morgan fingerprint density at radius 1 is 1.57 bits per heavy atom. The largest absolute Gasteiger partial charge is 0.316 e. The van der Waals surface area contributed by atoms with Gasteiger partial charge in [-0.15, -0.1) is 11.3 Å². The second-order valence-corrected chi connectivity index (χ2v) is 5.07. The summed E-state index contributed by atoms with van der Waals surface area (Å²) in [6.07, 6.45) is 3.73. The number of piperidine rings is 1. The van der Waals surface area contributed by atoms with Crippen LogP contribution in [0, 0.1) is 6.92 Å². The molecule has 0 aliphatic carbocycles. The molecule has 2 heterocycles. The molecule has 78 valence electrons. The van der Waals surface area contributed by atoms with Gasteiger partial charge in [-0.2, -0.15) is 0 Å². The van der Waals surface area contributed by atoms with E-state index in [2.05, 4.69) is 24.1 Å². The van der Waals surface area contributed by atoms with Crippen molar-refractivity contribution in [3.05, 3.63) is 15.6 Å². The van der Waals surface area contributed by atoms with Crippen LogP contribution in [0.1, 0.15) is 41.3 Å². The van der Waals surface area contributed by atoms with Crippen molar-refractivity contribution in [1.82, 2.24) is 10.3 Å². The number of aromatic nitrogens is 1. The lowest BCUT2D eigenvalue weighted by Gasteiger charge is -2.20. The molecule has 3 heteroatoms. The van der Waals surface area contributed by atoms with Gasteiger partial charge in [0.25, 0.3) is 0 Å². The van der Waals surface area contributed by atoms with Crippen LogP contribution in [-0.4, -0.2) is 18.1 Å². The van der Waals surface area contributed by atoms with Crippen molar-refractivity contribution >= 4 is 11.3 Å². The van der Waals surface area contributed by atoms with Crippen LogP contribution in [0.5, 0.6) is 0 Å². The highest BCUT2D eigenvalue weighted by Crippen LogP contribution is 2.29. The van der Waals surface area contributed by atoms with Gasteiger partial charge in [0.2, 0.25) is 0 Å². The van der Waals surface area contributed by atoms with E-state index in [1.54, 1.807) is 0 Å². The fourth-order valence-corrected chi connectivity index (χ4v) is 3.16. The molecule has 0 aromatic carbocycles. The molecule has 1 aromatic rings. The highest BCUT2D eigenvalue weighted by molar-refractivity contribution is 7.11. The summed E-state index contributed by atoms with van der Waals surface area (Å²) in [5.74, 6) is 0.674. The highest BCUT2D eigenvalue weighted by Gasteiger charge is 2.19. The van der Waals surface area contributed by atoms with Crippen molar-refractivity contribution < 1.29 is 0 Å². The van der Waals surface area contributed by atoms with Crippen LogP contribution in [0.2, 0.25) is 0 Å². The van der Waals surface area contributed by atoms with E-state index in [1.165, 1.54) is 35.0 Å². The average molecular weight is 210 g/mol. The fourth-order valence-electron chi connectivity index (χ4n) is 2.02. The third-order valence-electron chi connectivity index (χ3n) is 2.88. The van der Waals surface area contributed by atoms with Crippen LogP contribution in [0.25, 0.3) is 0 Å². The first-order valence-electron chi connectivity index (χ1n) is 5.48. The molecule has 2 nitrogen and oxygen atoms in total. The molecule has 1 N–H and O–H groups in total. The number of nitrogens with one attached hydrogen (secondary N) is 1. The van der Waals surface area contributed by atoms with E-state index in [-0.39, 0.29) is 0 Å². The summed E-state index contributed by atoms with van der Waals surface area (Å²) in [5, 5.41) is 4.80. The lowest BCUT2D eigenvalue weighted by Crippen LogP contribution is -2.28. The molecule has 0 radical (unpaired) electrons. The molecule has 1 atom stereocenters. The van der Waals surface area contributed by atoms with Gasteiger partial charge in [-0.05, 0) is 32.7 Å². The summed E-state index contributed by atoms with van der Waals surface area (Å²) >= 11 is 1.91. The van der Waals surface area contributed by atoms with Crippen molar-refractivity contribution in [2.24, 2.45) is 0 Å². The summed E-state index contributed by atoms with van der Waals surface area (Å²) in [4.78, 5) is 6.15. The predicted octanol–water partition coefficient (Wildman–Crippen LogP) is 2.48. The molecule has 0 amide bonds. The molecular formula is C11H18N2S. The van der Waals surface area contributed by atoms with Gasteiger partial charge in [0.15, 0.2) is 0 Å². The lowest BCUT2D eigenvalue weighted by molar-refractivity contribution is 0.460. The van der Waals surface area contributed by atoms with E-state index in [0.717, 1.165) is 13.0 Å². The molecule has 0 bridgehead atoms. The van der Waals surface area contributed by atoms with Gasteiger partial charge < -0.3 is 5.32 Å². The maximum absolute atomic E-state index is 4.68. The highest BCUT2D eigenvalue weighted by atomic mass is 32.1. The molecule has 2 rings (SSSR count). The minimum atomic E-state index is 0.674. The summed E-state index contributed by atoms with van der Waals surface area (Å²) in [7, 11) is 0. The normalized spacial score (nSPS) is 22.6. The second kappa shape index (κ2) is 4.41. The van der Waals surface area contributed by atoms with E-state index in [1.807, 2.05) is 11.3 Å². The zero-order valence-electron chi connectivity index (χ0n) is 8.97. The third-order valence-corrected chi connectivity index (χ3v) is 4.34. The van der Waals surface area contributed by atoms with E-state index in [9.17, 15) is 0 Å². The van der Waals surface area contributed by atoms with Crippen LogP contribution >= 0.6 is 11.3 Å². The standard InChI is InChI=1S/C11H18N2S/c1-3-10-8(2)13-11(14-10)9-5-4-6-12-7-9/h9,12H,3-7H2,1-2H3. The van der Waals surface area contributed by atoms with Crippen molar-refractivity contribution in [2.45, 2.75) is 39.0 Å². The molecule has 1 aliphatic heterocycles. The molecule has 1 unspecified atom stereocenters. The first-order chi connectivity index (χ1) is 6.81. The van der Waals surface area contributed by atoms with Crippen LogP contribution in [0.3, 0.4) is 0 Å². The van der Waals surface area contributed by atoms with Crippen molar-refractivity contribution in [2.75, 3.05) is 13.1 Å². The first-order valence-corrected chi connectivity index (χ1v) is 6.29. The summed E-state index contributed by atoms with van der Waals surface area (Å²) < 4.78 is 0. The number of rotatable bonds is 2. The number of nitrogens with zero attached hydrogens (tertiary/aromatic N) is 1. The molecule has 1 fully saturated rings. The Morgan fingerprint density at radius 3 is 3.00 bits per heavy atom. The van der Waals surface area contributed by atoms with Gasteiger partial charge in [0, 0.05) is 17.3 Å². The van der Waals surface area contributed by atoms with Gasteiger partial charge in [-0.3, -0.25) is 0 Å². The summed E-state index contributed by atoms with van der Waals surface area (Å²) in [5.41, 5.74) is 1.25. The topological polar surface area (TPSA) is 24.9 Å². The third kappa shape index (κ3) is 1.98. The van der Waals surface area contributed by atoms with Crippen LogP contribution in [0.4, 0.5) is 0 Å². The Morgan fingerprint density at radius 2 is 2.43 bits per heavy atom. The minimum Gasteiger partial charge on any atom is -0.316 e. The molecule has 1 aromatic heterocycles. The lowest BCUT2D eigenvalue weighted by atomic mass is 10.0. The fraction of sp³-hybridized carbons (Fsp3) is 0.727.